The summed E-state index contributed by atoms with van der Waals surface area (Å²) in [6, 6.07) is 13.4. The summed E-state index contributed by atoms with van der Waals surface area (Å²) in [5, 5.41) is 5.25. The van der Waals surface area contributed by atoms with Crippen LogP contribution in [0.1, 0.15) is 41.3 Å². The Kier molecular flexibility index (Phi) is 5.31. The van der Waals surface area contributed by atoms with Crippen molar-refractivity contribution in [1.82, 2.24) is 9.88 Å². The third-order valence-corrected chi connectivity index (χ3v) is 6.01. The molecule has 0 fully saturated rings. The average molecular weight is 379 g/mol. The molecule has 0 saturated carbocycles. The second kappa shape index (κ2) is 7.88. The smallest absolute Gasteiger partial charge is 0.160 e. The van der Waals surface area contributed by atoms with E-state index in [4.69, 9.17) is 9.47 Å². The Bertz CT molecular complexity index is 990. The number of nitrogens with zero attached hydrogens (tertiary/aromatic N) is 1. The number of hydrogen-bond acceptors (Lipinski definition) is 3. The van der Waals surface area contributed by atoms with Gasteiger partial charge in [0.15, 0.2) is 11.5 Å². The quantitative estimate of drug-likeness (QED) is 0.674. The monoisotopic (exact) mass is 378 g/mol. The van der Waals surface area contributed by atoms with Crippen LogP contribution in [0.5, 0.6) is 11.5 Å². The van der Waals surface area contributed by atoms with Gasteiger partial charge in [0, 0.05) is 29.7 Å². The van der Waals surface area contributed by atoms with Gasteiger partial charge >= 0.3 is 0 Å². The first-order valence-electron chi connectivity index (χ1n) is 10.1. The highest BCUT2D eigenvalue weighted by molar-refractivity contribution is 5.86. The van der Waals surface area contributed by atoms with Gasteiger partial charge in [0.25, 0.3) is 0 Å². The third kappa shape index (κ3) is 3.37. The molecule has 0 aliphatic heterocycles. The van der Waals surface area contributed by atoms with Crippen LogP contribution in [-0.2, 0) is 19.9 Å². The van der Waals surface area contributed by atoms with Crippen LogP contribution in [-0.4, -0.2) is 25.3 Å². The number of rotatable bonds is 6. The first kappa shape index (κ1) is 18.9. The van der Waals surface area contributed by atoms with E-state index in [2.05, 4.69) is 54.2 Å². The van der Waals surface area contributed by atoms with Crippen molar-refractivity contribution >= 4 is 10.9 Å². The molecule has 0 radical (unpaired) electrons. The number of methoxy groups -OCH3 is 2. The van der Waals surface area contributed by atoms with Crippen molar-refractivity contribution in [2.75, 3.05) is 20.8 Å². The Labute approximate surface area is 167 Å². The summed E-state index contributed by atoms with van der Waals surface area (Å²) < 4.78 is 13.2. The summed E-state index contributed by atoms with van der Waals surface area (Å²) in [6.07, 6.45) is 4.59. The number of fused-ring (bicyclic) bond motifs is 3. The molecule has 0 spiro atoms. The SMILES string of the molecule is COc1ccc(CCN[C@@H]2CCCc3c2n(C)c2ccc(C)cc32)cc1OC. The summed E-state index contributed by atoms with van der Waals surface area (Å²) in [5.74, 6) is 1.57. The minimum Gasteiger partial charge on any atom is -0.493 e. The van der Waals surface area contributed by atoms with Gasteiger partial charge in [-0.15, -0.1) is 0 Å². The van der Waals surface area contributed by atoms with Crippen LogP contribution < -0.4 is 14.8 Å². The Morgan fingerprint density at radius 1 is 1.07 bits per heavy atom. The van der Waals surface area contributed by atoms with Gasteiger partial charge in [0.1, 0.15) is 0 Å². The zero-order chi connectivity index (χ0) is 19.7. The lowest BCUT2D eigenvalue weighted by Crippen LogP contribution is -2.28. The zero-order valence-corrected chi connectivity index (χ0v) is 17.3. The van der Waals surface area contributed by atoms with Crippen LogP contribution in [0.3, 0.4) is 0 Å². The van der Waals surface area contributed by atoms with Crippen molar-refractivity contribution in [3.8, 4) is 11.5 Å². The van der Waals surface area contributed by atoms with Gasteiger partial charge < -0.3 is 19.4 Å². The van der Waals surface area contributed by atoms with E-state index < -0.39 is 0 Å². The molecular weight excluding hydrogens is 348 g/mol. The highest BCUT2D eigenvalue weighted by Gasteiger charge is 2.26. The summed E-state index contributed by atoms with van der Waals surface area (Å²) in [7, 11) is 5.57. The number of benzene rings is 2. The average Bonchev–Trinajstić information content (AvgIpc) is 3.00. The molecule has 28 heavy (non-hydrogen) atoms. The van der Waals surface area contributed by atoms with Gasteiger partial charge in [-0.1, -0.05) is 17.7 Å². The Morgan fingerprint density at radius 3 is 2.68 bits per heavy atom. The van der Waals surface area contributed by atoms with Crippen molar-refractivity contribution in [3.63, 3.8) is 0 Å². The van der Waals surface area contributed by atoms with E-state index in [1.54, 1.807) is 14.2 Å². The van der Waals surface area contributed by atoms with Crippen molar-refractivity contribution in [1.29, 1.82) is 0 Å². The second-order valence-corrected chi connectivity index (χ2v) is 7.78. The maximum atomic E-state index is 5.43. The summed E-state index contributed by atoms with van der Waals surface area (Å²) in [4.78, 5) is 0. The number of hydrogen-bond donors (Lipinski definition) is 1. The fourth-order valence-corrected chi connectivity index (χ4v) is 4.61. The highest BCUT2D eigenvalue weighted by atomic mass is 16.5. The predicted octanol–water partition coefficient (Wildman–Crippen LogP) is 4.71. The second-order valence-electron chi connectivity index (χ2n) is 7.78. The molecule has 1 atom stereocenters. The van der Waals surface area contributed by atoms with E-state index in [1.165, 1.54) is 52.5 Å². The van der Waals surface area contributed by atoms with Crippen LogP contribution in [0, 0.1) is 6.92 Å². The maximum Gasteiger partial charge on any atom is 0.160 e. The van der Waals surface area contributed by atoms with Crippen LogP contribution in [0.2, 0.25) is 0 Å². The fourth-order valence-electron chi connectivity index (χ4n) is 4.61. The molecule has 148 valence electrons. The molecule has 0 unspecified atom stereocenters. The topological polar surface area (TPSA) is 35.4 Å². The maximum absolute atomic E-state index is 5.43. The van der Waals surface area contributed by atoms with Gasteiger partial charge in [-0.3, -0.25) is 0 Å². The highest BCUT2D eigenvalue weighted by Crippen LogP contribution is 2.37. The van der Waals surface area contributed by atoms with Crippen molar-refractivity contribution in [2.24, 2.45) is 7.05 Å². The summed E-state index contributed by atoms with van der Waals surface area (Å²) in [5.41, 5.74) is 6.96. The third-order valence-electron chi connectivity index (χ3n) is 6.01. The van der Waals surface area contributed by atoms with E-state index in [-0.39, 0.29) is 0 Å². The molecule has 0 saturated heterocycles. The molecule has 1 heterocycles. The van der Waals surface area contributed by atoms with Crippen molar-refractivity contribution in [3.05, 3.63) is 58.8 Å². The zero-order valence-electron chi connectivity index (χ0n) is 17.3. The van der Waals surface area contributed by atoms with Crippen LogP contribution >= 0.6 is 0 Å². The van der Waals surface area contributed by atoms with E-state index in [0.29, 0.717) is 6.04 Å². The van der Waals surface area contributed by atoms with E-state index >= 15 is 0 Å². The summed E-state index contributed by atoms with van der Waals surface area (Å²) in [6.45, 7) is 3.13. The molecule has 0 bridgehead atoms. The molecule has 3 aromatic rings. The predicted molar refractivity (Wildman–Crippen MR) is 115 cm³/mol. The van der Waals surface area contributed by atoms with Gasteiger partial charge in [0.2, 0.25) is 0 Å². The molecule has 0 amide bonds. The lowest BCUT2D eigenvalue weighted by atomic mass is 9.91. The van der Waals surface area contributed by atoms with Crippen molar-refractivity contribution < 1.29 is 9.47 Å². The Morgan fingerprint density at radius 2 is 1.89 bits per heavy atom. The minimum absolute atomic E-state index is 0.418. The standard InChI is InChI=1S/C24H30N2O2/c1-16-8-10-21-19(14-16)18-6-5-7-20(24(18)26(21)2)25-13-12-17-9-11-22(27-3)23(15-17)28-4/h8-11,14-15,20,25H,5-7,12-13H2,1-4H3/t20-/m1/s1. The van der Waals surface area contributed by atoms with Gasteiger partial charge in [0.05, 0.1) is 14.2 Å². The fraction of sp³-hybridized carbons (Fsp3) is 0.417. The van der Waals surface area contributed by atoms with E-state index in [1.807, 2.05) is 6.07 Å². The normalized spacial score (nSPS) is 16.2. The number of ether oxygens (including phenoxy) is 2. The first-order chi connectivity index (χ1) is 13.6. The largest absolute Gasteiger partial charge is 0.493 e. The van der Waals surface area contributed by atoms with E-state index in [9.17, 15) is 0 Å². The van der Waals surface area contributed by atoms with Gasteiger partial charge in [-0.05, 0) is 74.5 Å². The number of nitrogens with one attached hydrogen (secondary N) is 1. The Balaban J connectivity index is 1.51. The lowest BCUT2D eigenvalue weighted by Gasteiger charge is -2.26. The molecule has 2 aromatic carbocycles. The molecule has 1 aliphatic carbocycles. The first-order valence-corrected chi connectivity index (χ1v) is 10.1. The Hall–Kier alpha value is -2.46. The molecule has 4 nitrogen and oxygen atoms in total. The molecule has 1 aromatic heterocycles. The molecular formula is C24H30N2O2. The van der Waals surface area contributed by atoms with E-state index in [0.717, 1.165) is 24.5 Å². The van der Waals surface area contributed by atoms with Gasteiger partial charge in [-0.25, -0.2) is 0 Å². The minimum atomic E-state index is 0.418. The molecule has 1 aliphatic rings. The van der Waals surface area contributed by atoms with Crippen LogP contribution in [0.4, 0.5) is 0 Å². The molecule has 4 heteroatoms. The van der Waals surface area contributed by atoms with Crippen molar-refractivity contribution in [2.45, 2.75) is 38.6 Å². The van der Waals surface area contributed by atoms with Crippen LogP contribution in [0.25, 0.3) is 10.9 Å². The van der Waals surface area contributed by atoms with Gasteiger partial charge in [-0.2, -0.15) is 0 Å². The number of aryl methyl sites for hydroxylation is 3. The summed E-state index contributed by atoms with van der Waals surface area (Å²) >= 11 is 0. The lowest BCUT2D eigenvalue weighted by molar-refractivity contribution is 0.354. The van der Waals surface area contributed by atoms with Crippen LogP contribution in [0.15, 0.2) is 36.4 Å². The molecule has 4 rings (SSSR count). The number of aromatic nitrogens is 1. The molecule has 1 N–H and O–H groups in total.